The highest BCUT2D eigenvalue weighted by atomic mass is 19.1. The van der Waals surface area contributed by atoms with Crippen molar-refractivity contribution in [2.24, 2.45) is 5.73 Å². The third-order valence-electron chi connectivity index (χ3n) is 3.54. The second kappa shape index (κ2) is 4.59. The number of nitrogen functional groups attached to an aromatic ring is 1. The van der Waals surface area contributed by atoms with Crippen molar-refractivity contribution >= 4 is 17.5 Å². The highest BCUT2D eigenvalue weighted by Crippen LogP contribution is 2.32. The van der Waals surface area contributed by atoms with Gasteiger partial charge in [-0.25, -0.2) is 4.39 Å². The number of benzene rings is 2. The minimum Gasteiger partial charge on any atom is -0.396 e. The van der Waals surface area contributed by atoms with E-state index < -0.39 is 11.7 Å². The highest BCUT2D eigenvalue weighted by Gasteiger charge is 2.27. The molecule has 0 fully saturated rings. The lowest BCUT2D eigenvalue weighted by molar-refractivity contribution is 0.0947. The second-order valence-corrected chi connectivity index (χ2v) is 4.80. The van der Waals surface area contributed by atoms with E-state index in [0.29, 0.717) is 16.7 Å². The zero-order valence-electron chi connectivity index (χ0n) is 10.9. The average molecular weight is 285 g/mol. The first-order chi connectivity index (χ1) is 9.99. The molecule has 6 heteroatoms. The molecule has 0 aliphatic carbocycles. The van der Waals surface area contributed by atoms with Gasteiger partial charge < -0.3 is 16.8 Å². The fourth-order valence-electron chi connectivity index (χ4n) is 2.52. The molecule has 3 rings (SSSR count). The summed E-state index contributed by atoms with van der Waals surface area (Å²) in [5.74, 6) is -1.55. The van der Waals surface area contributed by atoms with Gasteiger partial charge in [0.2, 0.25) is 5.91 Å². The fraction of sp³-hybridized carbons (Fsp3) is 0.0667. The molecule has 0 atom stereocenters. The monoisotopic (exact) mass is 285 g/mol. The molecule has 2 aromatic carbocycles. The van der Waals surface area contributed by atoms with Crippen LogP contribution in [-0.2, 0) is 6.54 Å². The molecule has 1 aliphatic heterocycles. The maximum atomic E-state index is 13.6. The number of nitrogens with one attached hydrogen (secondary N) is 1. The minimum absolute atomic E-state index is 0.0540. The number of halogens is 1. The van der Waals surface area contributed by atoms with Crippen LogP contribution in [0.2, 0.25) is 0 Å². The van der Waals surface area contributed by atoms with E-state index in [1.165, 1.54) is 18.2 Å². The number of amides is 2. The van der Waals surface area contributed by atoms with Gasteiger partial charge in [-0.3, -0.25) is 9.59 Å². The Morgan fingerprint density at radius 2 is 2.00 bits per heavy atom. The van der Waals surface area contributed by atoms with E-state index in [1.54, 1.807) is 12.1 Å². The summed E-state index contributed by atoms with van der Waals surface area (Å²) in [6, 6.07) is 7.57. The van der Waals surface area contributed by atoms with Crippen molar-refractivity contribution in [3.8, 4) is 11.1 Å². The maximum Gasteiger partial charge on any atom is 0.252 e. The van der Waals surface area contributed by atoms with E-state index in [4.69, 9.17) is 11.5 Å². The molecule has 1 heterocycles. The topological polar surface area (TPSA) is 98.2 Å². The van der Waals surface area contributed by atoms with E-state index in [9.17, 15) is 14.0 Å². The molecule has 0 unspecified atom stereocenters. The molecule has 1 aliphatic rings. The number of carbonyl (C=O) groups is 2. The molecule has 106 valence electrons. The number of hydrogen-bond donors (Lipinski definition) is 3. The predicted octanol–water partition coefficient (Wildman–Crippen LogP) is 1.42. The van der Waals surface area contributed by atoms with Crippen LogP contribution >= 0.6 is 0 Å². The van der Waals surface area contributed by atoms with Crippen LogP contribution in [0, 0.1) is 5.82 Å². The van der Waals surface area contributed by atoms with Crippen molar-refractivity contribution in [1.29, 1.82) is 0 Å². The van der Waals surface area contributed by atoms with Gasteiger partial charge in [-0.15, -0.1) is 0 Å². The average Bonchev–Trinajstić information content (AvgIpc) is 2.83. The van der Waals surface area contributed by atoms with Crippen LogP contribution in [0.1, 0.15) is 26.3 Å². The van der Waals surface area contributed by atoms with Crippen molar-refractivity contribution in [3.63, 3.8) is 0 Å². The number of hydrogen-bond acceptors (Lipinski definition) is 3. The van der Waals surface area contributed by atoms with Gasteiger partial charge in [-0.05, 0) is 34.9 Å². The van der Waals surface area contributed by atoms with Gasteiger partial charge in [0.25, 0.3) is 5.91 Å². The number of rotatable bonds is 2. The Morgan fingerprint density at radius 3 is 2.67 bits per heavy atom. The number of nitrogens with two attached hydrogens (primary N) is 2. The van der Waals surface area contributed by atoms with Gasteiger partial charge >= 0.3 is 0 Å². The molecule has 0 spiro atoms. The van der Waals surface area contributed by atoms with Crippen LogP contribution in [0.5, 0.6) is 0 Å². The molecule has 2 amide bonds. The summed E-state index contributed by atoms with van der Waals surface area (Å²) in [7, 11) is 0. The highest BCUT2D eigenvalue weighted by molar-refractivity contribution is 6.10. The van der Waals surface area contributed by atoms with Crippen LogP contribution < -0.4 is 16.8 Å². The fourth-order valence-corrected chi connectivity index (χ4v) is 2.52. The third kappa shape index (κ3) is 2.01. The third-order valence-corrected chi connectivity index (χ3v) is 3.54. The van der Waals surface area contributed by atoms with E-state index in [1.807, 2.05) is 0 Å². The summed E-state index contributed by atoms with van der Waals surface area (Å²) >= 11 is 0. The summed E-state index contributed by atoms with van der Waals surface area (Å²) in [6.07, 6.45) is 0. The van der Waals surface area contributed by atoms with Crippen LogP contribution in [0.15, 0.2) is 30.3 Å². The molecule has 0 saturated carbocycles. The molecule has 5 nitrogen and oxygen atoms in total. The van der Waals surface area contributed by atoms with E-state index in [-0.39, 0.29) is 29.3 Å². The Balaban J connectivity index is 2.24. The Labute approximate surface area is 119 Å². The van der Waals surface area contributed by atoms with E-state index in [0.717, 1.165) is 0 Å². The van der Waals surface area contributed by atoms with Gasteiger partial charge in [0.1, 0.15) is 5.82 Å². The van der Waals surface area contributed by atoms with Gasteiger partial charge in [0.05, 0.1) is 16.8 Å². The summed E-state index contributed by atoms with van der Waals surface area (Å²) < 4.78 is 13.6. The smallest absolute Gasteiger partial charge is 0.252 e. The van der Waals surface area contributed by atoms with Crippen LogP contribution in [0.25, 0.3) is 11.1 Å². The molecule has 0 aromatic heterocycles. The Morgan fingerprint density at radius 1 is 1.24 bits per heavy atom. The second-order valence-electron chi connectivity index (χ2n) is 4.80. The van der Waals surface area contributed by atoms with Crippen molar-refractivity contribution in [1.82, 2.24) is 5.32 Å². The first kappa shape index (κ1) is 13.1. The quantitative estimate of drug-likeness (QED) is 0.728. The Hall–Kier alpha value is -2.89. The zero-order chi connectivity index (χ0) is 15.1. The van der Waals surface area contributed by atoms with Crippen LogP contribution in [-0.4, -0.2) is 11.8 Å². The van der Waals surface area contributed by atoms with Crippen molar-refractivity contribution in [3.05, 3.63) is 52.8 Å². The van der Waals surface area contributed by atoms with E-state index in [2.05, 4.69) is 5.32 Å². The molecule has 21 heavy (non-hydrogen) atoms. The number of primary amides is 1. The summed E-state index contributed by atoms with van der Waals surface area (Å²) in [5, 5.41) is 2.65. The molecule has 2 aromatic rings. The van der Waals surface area contributed by atoms with Gasteiger partial charge in [0.15, 0.2) is 0 Å². The standard InChI is InChI=1S/C15H12FN3O2/c16-11-5-7(1-4-12(11)17)8-2-3-9(14(18)20)13-10(8)6-19-15(13)21/h1-5H,6,17H2,(H2,18,20)(H,19,21). The molecule has 5 N–H and O–H groups in total. The largest absolute Gasteiger partial charge is 0.396 e. The van der Waals surface area contributed by atoms with Gasteiger partial charge in [0, 0.05) is 6.54 Å². The molecular weight excluding hydrogens is 273 g/mol. The lowest BCUT2D eigenvalue weighted by atomic mass is 9.93. The van der Waals surface area contributed by atoms with Gasteiger partial charge in [-0.1, -0.05) is 12.1 Å². The first-order valence-corrected chi connectivity index (χ1v) is 6.28. The summed E-state index contributed by atoms with van der Waals surface area (Å²) in [5.41, 5.74) is 13.1. The lowest BCUT2D eigenvalue weighted by Crippen LogP contribution is -2.19. The lowest BCUT2D eigenvalue weighted by Gasteiger charge is -2.10. The zero-order valence-corrected chi connectivity index (χ0v) is 10.9. The van der Waals surface area contributed by atoms with Crippen LogP contribution in [0.4, 0.5) is 10.1 Å². The van der Waals surface area contributed by atoms with Crippen molar-refractivity contribution in [2.75, 3.05) is 5.73 Å². The summed E-state index contributed by atoms with van der Waals surface area (Å²) in [6.45, 7) is 0.274. The minimum atomic E-state index is -0.668. The molecule has 0 radical (unpaired) electrons. The molecular formula is C15H12FN3O2. The maximum absolute atomic E-state index is 13.6. The van der Waals surface area contributed by atoms with E-state index >= 15 is 0 Å². The van der Waals surface area contributed by atoms with Crippen LogP contribution in [0.3, 0.4) is 0 Å². The SMILES string of the molecule is NC(=O)c1ccc(-c2ccc(N)c(F)c2)c2c1C(=O)NC2. The Kier molecular flexibility index (Phi) is 2.86. The number of fused-ring (bicyclic) bond motifs is 1. The van der Waals surface area contributed by atoms with Gasteiger partial charge in [-0.2, -0.15) is 0 Å². The normalized spacial score (nSPS) is 12.9. The molecule has 0 saturated heterocycles. The first-order valence-electron chi connectivity index (χ1n) is 6.28. The summed E-state index contributed by atoms with van der Waals surface area (Å²) in [4.78, 5) is 23.3. The number of anilines is 1. The molecule has 0 bridgehead atoms. The number of carbonyl (C=O) groups excluding carboxylic acids is 2. The predicted molar refractivity (Wildman–Crippen MR) is 75.9 cm³/mol. The van der Waals surface area contributed by atoms with Crippen molar-refractivity contribution in [2.45, 2.75) is 6.54 Å². The van der Waals surface area contributed by atoms with Crippen molar-refractivity contribution < 1.29 is 14.0 Å². The Bertz CT molecular complexity index is 787.